The van der Waals surface area contributed by atoms with Crippen LogP contribution in [-0.4, -0.2) is 34.9 Å². The average Bonchev–Trinajstić information content (AvgIpc) is 3.31. The number of benzene rings is 1. The second-order valence-electron chi connectivity index (χ2n) is 6.15. The van der Waals surface area contributed by atoms with Crippen molar-refractivity contribution in [2.45, 2.75) is 25.9 Å². The quantitative estimate of drug-likeness (QED) is 0.751. The highest BCUT2D eigenvalue weighted by atomic mass is 35.5. The van der Waals surface area contributed by atoms with Gasteiger partial charge in [0.15, 0.2) is 0 Å². The summed E-state index contributed by atoms with van der Waals surface area (Å²) in [4.78, 5) is 14.1. The van der Waals surface area contributed by atoms with Crippen LogP contribution in [0.3, 0.4) is 0 Å². The van der Waals surface area contributed by atoms with Crippen LogP contribution in [0.25, 0.3) is 15.9 Å². The summed E-state index contributed by atoms with van der Waals surface area (Å²) in [6.45, 7) is 3.30. The van der Waals surface area contributed by atoms with E-state index in [4.69, 9.17) is 16.3 Å². The van der Waals surface area contributed by atoms with Gasteiger partial charge >= 0.3 is 0 Å². The topological polar surface area (TPSA) is 56.2 Å². The van der Waals surface area contributed by atoms with Crippen molar-refractivity contribution in [1.82, 2.24) is 15.1 Å². The number of aryl methyl sites for hydroxylation is 1. The van der Waals surface area contributed by atoms with E-state index in [0.717, 1.165) is 41.0 Å². The van der Waals surface area contributed by atoms with Gasteiger partial charge in [0.05, 0.1) is 22.4 Å². The van der Waals surface area contributed by atoms with Gasteiger partial charge in [0.2, 0.25) is 0 Å². The zero-order valence-electron chi connectivity index (χ0n) is 13.8. The maximum atomic E-state index is 12.5. The SMILES string of the molecule is Cc1nn(-c2cccc(Cl)c2)c2sc(C(=O)NC[C@H]3CCCO3)cc12. The molecule has 4 rings (SSSR count). The molecule has 0 spiro atoms. The molecule has 0 aliphatic carbocycles. The van der Waals surface area contributed by atoms with Crippen LogP contribution < -0.4 is 5.32 Å². The van der Waals surface area contributed by atoms with Crippen LogP contribution in [0.2, 0.25) is 5.02 Å². The van der Waals surface area contributed by atoms with Gasteiger partial charge in [-0.15, -0.1) is 11.3 Å². The number of thiophene rings is 1. The fourth-order valence-corrected chi connectivity index (χ4v) is 4.32. The van der Waals surface area contributed by atoms with E-state index >= 15 is 0 Å². The van der Waals surface area contributed by atoms with Crippen LogP contribution >= 0.6 is 22.9 Å². The molecule has 1 saturated heterocycles. The molecule has 1 aliphatic heterocycles. The van der Waals surface area contributed by atoms with E-state index in [9.17, 15) is 4.79 Å². The Balaban J connectivity index is 1.61. The number of nitrogens with one attached hydrogen (secondary N) is 1. The summed E-state index contributed by atoms with van der Waals surface area (Å²) in [5.74, 6) is -0.0613. The van der Waals surface area contributed by atoms with Crippen molar-refractivity contribution in [2.75, 3.05) is 13.2 Å². The van der Waals surface area contributed by atoms with Crippen molar-refractivity contribution in [2.24, 2.45) is 0 Å². The molecule has 3 heterocycles. The van der Waals surface area contributed by atoms with Crippen molar-refractivity contribution < 1.29 is 9.53 Å². The summed E-state index contributed by atoms with van der Waals surface area (Å²) in [6, 6.07) is 9.45. The molecule has 1 aromatic carbocycles. The standard InChI is InChI=1S/C18H18ClN3O2S/c1-11-15-9-16(17(23)20-10-14-6-3-7-24-14)25-18(15)22(21-11)13-5-2-4-12(19)8-13/h2,4-5,8-9,14H,3,6-7,10H2,1H3,(H,20,23)/t14-/m1/s1. The van der Waals surface area contributed by atoms with Crippen LogP contribution in [0.1, 0.15) is 28.2 Å². The van der Waals surface area contributed by atoms with Crippen LogP contribution in [-0.2, 0) is 4.74 Å². The Labute approximate surface area is 154 Å². The molecule has 1 amide bonds. The minimum absolute atomic E-state index is 0.0613. The highest BCUT2D eigenvalue weighted by molar-refractivity contribution is 7.20. The predicted molar refractivity (Wildman–Crippen MR) is 100 cm³/mol. The van der Waals surface area contributed by atoms with Crippen molar-refractivity contribution in [3.63, 3.8) is 0 Å². The molecule has 25 heavy (non-hydrogen) atoms. The van der Waals surface area contributed by atoms with Crippen LogP contribution in [0.5, 0.6) is 0 Å². The molecule has 0 saturated carbocycles. The highest BCUT2D eigenvalue weighted by Gasteiger charge is 2.20. The van der Waals surface area contributed by atoms with Gasteiger partial charge < -0.3 is 10.1 Å². The van der Waals surface area contributed by atoms with Gasteiger partial charge in [0, 0.05) is 23.6 Å². The molecule has 1 atom stereocenters. The van der Waals surface area contributed by atoms with E-state index in [-0.39, 0.29) is 12.0 Å². The molecule has 130 valence electrons. The lowest BCUT2D eigenvalue weighted by Gasteiger charge is -2.09. The first-order chi connectivity index (χ1) is 12.1. The molecular formula is C18H18ClN3O2S. The number of hydrogen-bond acceptors (Lipinski definition) is 4. The Kier molecular flexibility index (Phi) is 4.50. The number of hydrogen-bond donors (Lipinski definition) is 1. The fourth-order valence-electron chi connectivity index (χ4n) is 3.04. The lowest BCUT2D eigenvalue weighted by molar-refractivity contribution is 0.0861. The molecule has 0 bridgehead atoms. The Morgan fingerprint density at radius 2 is 2.36 bits per heavy atom. The van der Waals surface area contributed by atoms with Crippen molar-refractivity contribution in [3.8, 4) is 5.69 Å². The summed E-state index contributed by atoms with van der Waals surface area (Å²) in [5, 5.41) is 9.21. The maximum Gasteiger partial charge on any atom is 0.261 e. The van der Waals surface area contributed by atoms with Crippen LogP contribution in [0.15, 0.2) is 30.3 Å². The number of amides is 1. The third-order valence-electron chi connectivity index (χ3n) is 4.34. The first-order valence-electron chi connectivity index (χ1n) is 8.27. The van der Waals surface area contributed by atoms with Gasteiger partial charge in [-0.25, -0.2) is 4.68 Å². The number of rotatable bonds is 4. The largest absolute Gasteiger partial charge is 0.376 e. The van der Waals surface area contributed by atoms with E-state index < -0.39 is 0 Å². The molecule has 2 aromatic heterocycles. The maximum absolute atomic E-state index is 12.5. The van der Waals surface area contributed by atoms with E-state index in [1.54, 1.807) is 0 Å². The van der Waals surface area contributed by atoms with Crippen molar-refractivity contribution in [3.05, 3.63) is 45.9 Å². The molecule has 7 heteroatoms. The Bertz CT molecular complexity index is 928. The molecule has 0 radical (unpaired) electrons. The van der Waals surface area contributed by atoms with Gasteiger partial charge in [-0.05, 0) is 44.0 Å². The summed E-state index contributed by atoms with van der Waals surface area (Å²) in [6.07, 6.45) is 2.22. The van der Waals surface area contributed by atoms with E-state index in [1.807, 2.05) is 41.9 Å². The van der Waals surface area contributed by atoms with E-state index in [2.05, 4.69) is 10.4 Å². The average molecular weight is 376 g/mol. The van der Waals surface area contributed by atoms with Gasteiger partial charge in [0.25, 0.3) is 5.91 Å². The van der Waals surface area contributed by atoms with Gasteiger partial charge in [0.1, 0.15) is 4.83 Å². The smallest absolute Gasteiger partial charge is 0.261 e. The Hall–Kier alpha value is -1.89. The summed E-state index contributed by atoms with van der Waals surface area (Å²) in [5.41, 5.74) is 1.78. The second kappa shape index (κ2) is 6.78. The van der Waals surface area contributed by atoms with Crippen LogP contribution in [0, 0.1) is 6.92 Å². The lowest BCUT2D eigenvalue weighted by Crippen LogP contribution is -2.31. The fraction of sp³-hybridized carbons (Fsp3) is 0.333. The number of fused-ring (bicyclic) bond motifs is 1. The lowest BCUT2D eigenvalue weighted by atomic mass is 10.2. The number of ether oxygens (including phenoxy) is 1. The molecule has 1 fully saturated rings. The van der Waals surface area contributed by atoms with Crippen molar-refractivity contribution in [1.29, 1.82) is 0 Å². The monoisotopic (exact) mass is 375 g/mol. The number of nitrogens with zero attached hydrogens (tertiary/aromatic N) is 2. The number of halogens is 1. The number of aromatic nitrogens is 2. The molecule has 0 unspecified atom stereocenters. The zero-order valence-corrected chi connectivity index (χ0v) is 15.4. The first kappa shape index (κ1) is 16.6. The molecular weight excluding hydrogens is 358 g/mol. The van der Waals surface area contributed by atoms with E-state index in [0.29, 0.717) is 16.4 Å². The normalized spacial score (nSPS) is 17.3. The molecule has 5 nitrogen and oxygen atoms in total. The van der Waals surface area contributed by atoms with E-state index in [1.165, 1.54) is 11.3 Å². The summed E-state index contributed by atoms with van der Waals surface area (Å²) >= 11 is 7.54. The molecule has 1 N–H and O–H groups in total. The molecule has 3 aromatic rings. The highest BCUT2D eigenvalue weighted by Crippen LogP contribution is 2.31. The summed E-state index contributed by atoms with van der Waals surface area (Å²) < 4.78 is 7.40. The summed E-state index contributed by atoms with van der Waals surface area (Å²) in [7, 11) is 0. The second-order valence-corrected chi connectivity index (χ2v) is 7.62. The Morgan fingerprint density at radius 3 is 3.12 bits per heavy atom. The van der Waals surface area contributed by atoms with Gasteiger partial charge in [-0.1, -0.05) is 17.7 Å². The Morgan fingerprint density at radius 1 is 1.48 bits per heavy atom. The van der Waals surface area contributed by atoms with Crippen molar-refractivity contribution >= 4 is 39.1 Å². The first-order valence-corrected chi connectivity index (χ1v) is 9.46. The van der Waals surface area contributed by atoms with Gasteiger partial charge in [-0.2, -0.15) is 5.10 Å². The minimum atomic E-state index is -0.0613. The number of carbonyl (C=O) groups is 1. The third kappa shape index (κ3) is 3.29. The molecule has 1 aliphatic rings. The number of carbonyl (C=O) groups excluding carboxylic acids is 1. The van der Waals surface area contributed by atoms with Crippen LogP contribution in [0.4, 0.5) is 0 Å². The van der Waals surface area contributed by atoms with Gasteiger partial charge in [-0.3, -0.25) is 4.79 Å². The zero-order chi connectivity index (χ0) is 17.4. The minimum Gasteiger partial charge on any atom is -0.376 e. The third-order valence-corrected chi connectivity index (χ3v) is 5.68. The predicted octanol–water partition coefficient (Wildman–Crippen LogP) is 3.96.